The number of hydrogen-bond acceptors (Lipinski definition) is 2. The first-order valence-electron chi connectivity index (χ1n) is 5.74. The van der Waals surface area contributed by atoms with Gasteiger partial charge in [-0.15, -0.1) is 0 Å². The minimum Gasteiger partial charge on any atom is -0.370 e. The van der Waals surface area contributed by atoms with Crippen LogP contribution in [0.25, 0.3) is 0 Å². The molecule has 1 aliphatic rings. The molecule has 0 spiro atoms. The molecule has 1 aromatic rings. The molecule has 0 aliphatic carbocycles. The molecule has 2 rings (SSSR count). The largest absolute Gasteiger partial charge is 0.370 e. The molecule has 0 aromatic heterocycles. The Morgan fingerprint density at radius 1 is 1.35 bits per heavy atom. The molecule has 1 amide bonds. The molecule has 3 nitrogen and oxygen atoms in total. The third kappa shape index (κ3) is 2.06. The molecule has 0 atom stereocenters. The van der Waals surface area contributed by atoms with E-state index in [0.29, 0.717) is 0 Å². The van der Waals surface area contributed by atoms with Crippen molar-refractivity contribution in [3.8, 4) is 0 Å². The number of anilines is 2. The number of carbonyl (C=O) groups excluding carboxylic acids is 1. The van der Waals surface area contributed by atoms with E-state index in [-0.39, 0.29) is 11.9 Å². The molecule has 17 heavy (non-hydrogen) atoms. The van der Waals surface area contributed by atoms with Gasteiger partial charge in [0.25, 0.3) is 5.91 Å². The molecule has 1 aliphatic heterocycles. The molecule has 0 unspecified atom stereocenters. The van der Waals surface area contributed by atoms with Crippen LogP contribution in [0.1, 0.15) is 27.7 Å². The van der Waals surface area contributed by atoms with Crippen molar-refractivity contribution >= 4 is 33.2 Å². The summed E-state index contributed by atoms with van der Waals surface area (Å²) in [5, 5.41) is 3.29. The third-order valence-corrected chi connectivity index (χ3v) is 3.43. The maximum Gasteiger partial charge on any atom is 0.252 e. The fourth-order valence-corrected chi connectivity index (χ4v) is 2.49. The van der Waals surface area contributed by atoms with Crippen LogP contribution in [-0.2, 0) is 4.79 Å². The summed E-state index contributed by atoms with van der Waals surface area (Å²) in [6.07, 6.45) is 0. The Labute approximate surface area is 110 Å². The topological polar surface area (TPSA) is 32.3 Å². The maximum absolute atomic E-state index is 12.4. The first-order chi connectivity index (χ1) is 7.83. The normalized spacial score (nSPS) is 18.0. The SMILES string of the molecule is CC(C)N1C(=O)C(C)(C)Nc2cc(Br)ccc21. The molecule has 0 radical (unpaired) electrons. The van der Waals surface area contributed by atoms with Gasteiger partial charge in [-0.2, -0.15) is 0 Å². The van der Waals surface area contributed by atoms with E-state index < -0.39 is 5.54 Å². The van der Waals surface area contributed by atoms with E-state index in [1.54, 1.807) is 0 Å². The van der Waals surface area contributed by atoms with Crippen molar-refractivity contribution in [1.82, 2.24) is 0 Å². The van der Waals surface area contributed by atoms with Crippen LogP contribution in [0, 0.1) is 0 Å². The average molecular weight is 297 g/mol. The maximum atomic E-state index is 12.4. The summed E-state index contributed by atoms with van der Waals surface area (Å²) in [5.41, 5.74) is 1.39. The number of benzene rings is 1. The number of nitrogens with one attached hydrogen (secondary N) is 1. The van der Waals surface area contributed by atoms with Crippen LogP contribution in [0.15, 0.2) is 22.7 Å². The zero-order chi connectivity index (χ0) is 12.8. The van der Waals surface area contributed by atoms with Gasteiger partial charge >= 0.3 is 0 Å². The quantitative estimate of drug-likeness (QED) is 0.861. The first-order valence-corrected chi connectivity index (χ1v) is 6.53. The predicted molar refractivity (Wildman–Crippen MR) is 74.5 cm³/mol. The van der Waals surface area contributed by atoms with Crippen molar-refractivity contribution < 1.29 is 4.79 Å². The first kappa shape index (κ1) is 12.4. The standard InChI is InChI=1S/C13H17BrN2O/c1-8(2)16-11-6-5-9(14)7-10(11)15-13(3,4)12(16)17/h5-8,15H,1-4H3. The van der Waals surface area contributed by atoms with Crippen LogP contribution in [-0.4, -0.2) is 17.5 Å². The second kappa shape index (κ2) is 4.02. The molecule has 1 N–H and O–H groups in total. The van der Waals surface area contributed by atoms with Gasteiger partial charge in [0, 0.05) is 10.5 Å². The molecule has 1 aromatic carbocycles. The molecule has 1 heterocycles. The summed E-state index contributed by atoms with van der Waals surface area (Å²) in [4.78, 5) is 14.2. The Morgan fingerprint density at radius 3 is 2.59 bits per heavy atom. The fraction of sp³-hybridized carbons (Fsp3) is 0.462. The Hall–Kier alpha value is -1.03. The van der Waals surface area contributed by atoms with E-state index >= 15 is 0 Å². The number of hydrogen-bond donors (Lipinski definition) is 1. The monoisotopic (exact) mass is 296 g/mol. The number of nitrogens with zero attached hydrogens (tertiary/aromatic N) is 1. The number of halogens is 1. The van der Waals surface area contributed by atoms with Crippen LogP contribution in [0.5, 0.6) is 0 Å². The number of amides is 1. The number of rotatable bonds is 1. The van der Waals surface area contributed by atoms with Gasteiger partial charge in [-0.05, 0) is 45.9 Å². The summed E-state index contributed by atoms with van der Waals surface area (Å²) in [5.74, 6) is 0.113. The van der Waals surface area contributed by atoms with Crippen LogP contribution < -0.4 is 10.2 Å². The fourth-order valence-electron chi connectivity index (χ4n) is 2.13. The molecule has 0 fully saturated rings. The highest BCUT2D eigenvalue weighted by Gasteiger charge is 2.39. The van der Waals surface area contributed by atoms with Gasteiger partial charge in [-0.3, -0.25) is 4.79 Å². The van der Waals surface area contributed by atoms with Crippen LogP contribution in [0.3, 0.4) is 0 Å². The van der Waals surface area contributed by atoms with Crippen molar-refractivity contribution in [3.63, 3.8) is 0 Å². The van der Waals surface area contributed by atoms with E-state index in [4.69, 9.17) is 0 Å². The van der Waals surface area contributed by atoms with E-state index in [2.05, 4.69) is 21.2 Å². The highest BCUT2D eigenvalue weighted by Crippen LogP contribution is 2.38. The van der Waals surface area contributed by atoms with Gasteiger partial charge in [0.05, 0.1) is 11.4 Å². The molecular weight excluding hydrogens is 280 g/mol. The van der Waals surface area contributed by atoms with Gasteiger partial charge in [0.15, 0.2) is 0 Å². The average Bonchev–Trinajstić information content (AvgIpc) is 2.19. The molecule has 4 heteroatoms. The van der Waals surface area contributed by atoms with Crippen LogP contribution >= 0.6 is 15.9 Å². The number of fused-ring (bicyclic) bond motifs is 1. The Bertz CT molecular complexity index is 468. The lowest BCUT2D eigenvalue weighted by Crippen LogP contribution is -2.56. The Kier molecular flexibility index (Phi) is 2.94. The lowest BCUT2D eigenvalue weighted by Gasteiger charge is -2.42. The summed E-state index contributed by atoms with van der Waals surface area (Å²) in [7, 11) is 0. The van der Waals surface area contributed by atoms with Gasteiger partial charge in [0.2, 0.25) is 0 Å². The molecule has 92 valence electrons. The van der Waals surface area contributed by atoms with E-state index in [1.165, 1.54) is 0 Å². The van der Waals surface area contributed by atoms with Gasteiger partial charge in [-0.1, -0.05) is 15.9 Å². The molecule has 0 saturated carbocycles. The van der Waals surface area contributed by atoms with E-state index in [1.807, 2.05) is 50.8 Å². The lowest BCUT2D eigenvalue weighted by atomic mass is 9.97. The van der Waals surface area contributed by atoms with Crippen molar-refractivity contribution in [2.45, 2.75) is 39.3 Å². The minimum atomic E-state index is -0.557. The van der Waals surface area contributed by atoms with Gasteiger partial charge in [0.1, 0.15) is 5.54 Å². The Morgan fingerprint density at radius 2 is 2.00 bits per heavy atom. The van der Waals surface area contributed by atoms with Gasteiger partial charge in [-0.25, -0.2) is 0 Å². The summed E-state index contributed by atoms with van der Waals surface area (Å²) in [6, 6.07) is 6.10. The van der Waals surface area contributed by atoms with Crippen LogP contribution in [0.2, 0.25) is 0 Å². The van der Waals surface area contributed by atoms with Crippen molar-refractivity contribution in [2.75, 3.05) is 10.2 Å². The highest BCUT2D eigenvalue weighted by molar-refractivity contribution is 9.10. The molecular formula is C13H17BrN2O. The van der Waals surface area contributed by atoms with Crippen LogP contribution in [0.4, 0.5) is 11.4 Å². The minimum absolute atomic E-state index is 0.113. The summed E-state index contributed by atoms with van der Waals surface area (Å²) in [6.45, 7) is 7.89. The molecule has 0 saturated heterocycles. The van der Waals surface area contributed by atoms with Gasteiger partial charge < -0.3 is 10.2 Å². The molecule has 0 bridgehead atoms. The van der Waals surface area contributed by atoms with E-state index in [9.17, 15) is 4.79 Å². The van der Waals surface area contributed by atoms with Crippen molar-refractivity contribution in [2.24, 2.45) is 0 Å². The summed E-state index contributed by atoms with van der Waals surface area (Å²) < 4.78 is 1.01. The van der Waals surface area contributed by atoms with Crippen molar-refractivity contribution in [3.05, 3.63) is 22.7 Å². The lowest BCUT2D eigenvalue weighted by molar-refractivity contribution is -0.122. The predicted octanol–water partition coefficient (Wildman–Crippen LogP) is 3.39. The Balaban J connectivity index is 2.58. The van der Waals surface area contributed by atoms with Crippen molar-refractivity contribution in [1.29, 1.82) is 0 Å². The second-order valence-electron chi connectivity index (χ2n) is 5.18. The highest BCUT2D eigenvalue weighted by atomic mass is 79.9. The zero-order valence-electron chi connectivity index (χ0n) is 10.5. The smallest absolute Gasteiger partial charge is 0.252 e. The number of carbonyl (C=O) groups is 1. The third-order valence-electron chi connectivity index (χ3n) is 2.94. The van der Waals surface area contributed by atoms with E-state index in [0.717, 1.165) is 15.8 Å². The summed E-state index contributed by atoms with van der Waals surface area (Å²) >= 11 is 3.46. The second-order valence-corrected chi connectivity index (χ2v) is 6.10. The zero-order valence-corrected chi connectivity index (χ0v) is 12.1.